The fraction of sp³-hybridized carbons (Fsp3) is 0.565. The molecule has 1 saturated carbocycles. The maximum absolute atomic E-state index is 13.3. The summed E-state index contributed by atoms with van der Waals surface area (Å²) in [7, 11) is 1.25. The Morgan fingerprint density at radius 1 is 1.12 bits per heavy atom. The van der Waals surface area contributed by atoms with Crippen LogP contribution in [0.2, 0.25) is 0 Å². The van der Waals surface area contributed by atoms with Crippen molar-refractivity contribution in [2.75, 3.05) is 7.11 Å². The molecule has 9 heteroatoms. The molecule has 32 heavy (non-hydrogen) atoms. The van der Waals surface area contributed by atoms with Gasteiger partial charge in [-0.25, -0.2) is 4.79 Å². The average molecular weight is 465 g/mol. The molecule has 0 saturated heterocycles. The molecule has 0 radical (unpaired) electrons. The molecule has 1 aromatic carbocycles. The number of hydrogen-bond donors (Lipinski definition) is 3. The molecule has 3 N–H and O–H groups in total. The molecular weight excluding hydrogens is 432 g/mol. The molecule has 0 aromatic heterocycles. The van der Waals surface area contributed by atoms with E-state index >= 15 is 0 Å². The lowest BCUT2D eigenvalue weighted by Gasteiger charge is -2.32. The average Bonchev–Trinajstić information content (AvgIpc) is 3.21. The number of carbonyl (C=O) groups is 4. The molecule has 176 valence electrons. The van der Waals surface area contributed by atoms with E-state index in [0.717, 1.165) is 30.2 Å². The number of rotatable bonds is 9. The summed E-state index contributed by atoms with van der Waals surface area (Å²) in [6.45, 7) is 5.12. The van der Waals surface area contributed by atoms with Crippen molar-refractivity contribution in [3.63, 3.8) is 0 Å². The molecule has 1 aliphatic carbocycles. The van der Waals surface area contributed by atoms with Crippen LogP contribution in [-0.4, -0.2) is 51.9 Å². The molecule has 0 aliphatic heterocycles. The summed E-state index contributed by atoms with van der Waals surface area (Å²) in [6.07, 6.45) is 2.61. The molecule has 1 fully saturated rings. The number of aromatic hydroxyl groups is 1. The summed E-state index contributed by atoms with van der Waals surface area (Å²) >= 11 is 0.958. The third-order valence-corrected chi connectivity index (χ3v) is 6.92. The van der Waals surface area contributed by atoms with Crippen LogP contribution in [-0.2, 0) is 30.3 Å². The Kier molecular flexibility index (Phi) is 9.12. The number of amides is 2. The predicted octanol–water partition coefficient (Wildman–Crippen LogP) is 2.33. The molecule has 0 bridgehead atoms. The van der Waals surface area contributed by atoms with Crippen LogP contribution in [0.1, 0.15) is 52.0 Å². The van der Waals surface area contributed by atoms with Crippen molar-refractivity contribution in [1.82, 2.24) is 10.6 Å². The number of ether oxygens (including phenoxy) is 1. The number of benzene rings is 1. The van der Waals surface area contributed by atoms with Crippen molar-refractivity contribution in [3.8, 4) is 5.75 Å². The van der Waals surface area contributed by atoms with Gasteiger partial charge >= 0.3 is 5.97 Å². The van der Waals surface area contributed by atoms with Gasteiger partial charge in [-0.3, -0.25) is 14.4 Å². The SMILES string of the molecule is COC(=O)[C@H](Cc1ccc(O)cc1)NC(=O)C1(NC(=O)C(SC(C)=O)C(C)C)CCCC1. The van der Waals surface area contributed by atoms with Gasteiger partial charge in [-0.2, -0.15) is 0 Å². The van der Waals surface area contributed by atoms with Gasteiger partial charge in [0.25, 0.3) is 0 Å². The van der Waals surface area contributed by atoms with Crippen molar-refractivity contribution in [2.24, 2.45) is 5.92 Å². The maximum Gasteiger partial charge on any atom is 0.328 e. The lowest BCUT2D eigenvalue weighted by molar-refractivity contribution is -0.146. The molecular formula is C23H32N2O6S. The van der Waals surface area contributed by atoms with Crippen molar-refractivity contribution >= 4 is 34.7 Å². The van der Waals surface area contributed by atoms with E-state index in [1.165, 1.54) is 26.2 Å². The third-order valence-electron chi connectivity index (χ3n) is 5.58. The number of hydrogen-bond acceptors (Lipinski definition) is 7. The Hall–Kier alpha value is -2.55. The van der Waals surface area contributed by atoms with Gasteiger partial charge in [0.15, 0.2) is 5.12 Å². The molecule has 0 spiro atoms. The van der Waals surface area contributed by atoms with Gasteiger partial charge in [0.05, 0.1) is 12.4 Å². The second-order valence-electron chi connectivity index (χ2n) is 8.47. The molecule has 1 unspecified atom stereocenters. The first kappa shape index (κ1) is 25.7. The first-order chi connectivity index (χ1) is 15.1. The number of methoxy groups -OCH3 is 1. The lowest BCUT2D eigenvalue weighted by atomic mass is 9.94. The van der Waals surface area contributed by atoms with Crippen LogP contribution >= 0.6 is 11.8 Å². The number of carbonyl (C=O) groups excluding carboxylic acids is 4. The van der Waals surface area contributed by atoms with Gasteiger partial charge in [0.2, 0.25) is 11.8 Å². The van der Waals surface area contributed by atoms with Crippen LogP contribution in [0.25, 0.3) is 0 Å². The first-order valence-electron chi connectivity index (χ1n) is 10.7. The number of esters is 1. The summed E-state index contributed by atoms with van der Waals surface area (Å²) in [5.41, 5.74) is -0.399. The largest absolute Gasteiger partial charge is 0.508 e. The van der Waals surface area contributed by atoms with E-state index in [-0.39, 0.29) is 29.1 Å². The zero-order chi connectivity index (χ0) is 23.9. The van der Waals surface area contributed by atoms with Gasteiger partial charge in [-0.05, 0) is 36.5 Å². The zero-order valence-corrected chi connectivity index (χ0v) is 19.8. The predicted molar refractivity (Wildman–Crippen MR) is 122 cm³/mol. The highest BCUT2D eigenvalue weighted by molar-refractivity contribution is 8.14. The molecule has 1 aromatic rings. The van der Waals surface area contributed by atoms with Crippen LogP contribution in [0, 0.1) is 5.92 Å². The number of nitrogens with one attached hydrogen (secondary N) is 2. The van der Waals surface area contributed by atoms with E-state index in [0.29, 0.717) is 12.8 Å². The highest BCUT2D eigenvalue weighted by Crippen LogP contribution is 2.32. The van der Waals surface area contributed by atoms with Gasteiger partial charge in [-0.1, -0.05) is 50.6 Å². The van der Waals surface area contributed by atoms with Crippen LogP contribution in [0.4, 0.5) is 0 Å². The number of phenols is 1. The molecule has 2 atom stereocenters. The maximum atomic E-state index is 13.3. The van der Waals surface area contributed by atoms with E-state index < -0.39 is 28.7 Å². The van der Waals surface area contributed by atoms with E-state index in [2.05, 4.69) is 10.6 Å². The molecule has 8 nitrogen and oxygen atoms in total. The molecule has 1 aliphatic rings. The van der Waals surface area contributed by atoms with Crippen molar-refractivity contribution in [2.45, 2.75) is 69.7 Å². The van der Waals surface area contributed by atoms with E-state index in [9.17, 15) is 24.3 Å². The fourth-order valence-electron chi connectivity index (χ4n) is 3.87. The van der Waals surface area contributed by atoms with E-state index in [4.69, 9.17) is 4.74 Å². The van der Waals surface area contributed by atoms with Crippen LogP contribution in [0.3, 0.4) is 0 Å². The van der Waals surface area contributed by atoms with Gasteiger partial charge < -0.3 is 20.5 Å². The normalized spacial score (nSPS) is 16.8. The lowest BCUT2D eigenvalue weighted by Crippen LogP contribution is -2.61. The minimum atomic E-state index is -1.14. The Bertz CT molecular complexity index is 833. The second-order valence-corrected chi connectivity index (χ2v) is 9.79. The minimum absolute atomic E-state index is 0.0947. The van der Waals surface area contributed by atoms with Crippen molar-refractivity contribution in [3.05, 3.63) is 29.8 Å². The molecule has 2 amide bonds. The van der Waals surface area contributed by atoms with Crippen molar-refractivity contribution in [1.29, 1.82) is 0 Å². The Balaban J connectivity index is 2.20. The summed E-state index contributed by atoms with van der Waals surface area (Å²) < 4.78 is 4.87. The van der Waals surface area contributed by atoms with Gasteiger partial charge in [0.1, 0.15) is 17.3 Å². The zero-order valence-electron chi connectivity index (χ0n) is 19.0. The molecule has 2 rings (SSSR count). The topological polar surface area (TPSA) is 122 Å². The van der Waals surface area contributed by atoms with Crippen molar-refractivity contribution < 1.29 is 29.0 Å². The minimum Gasteiger partial charge on any atom is -0.508 e. The van der Waals surface area contributed by atoms with Crippen LogP contribution in [0.5, 0.6) is 5.75 Å². The summed E-state index contributed by atoms with van der Waals surface area (Å²) in [4.78, 5) is 50.3. The Labute approximate surface area is 192 Å². The summed E-state index contributed by atoms with van der Waals surface area (Å²) in [5.74, 6) is -1.39. The standard InChI is InChI=1S/C23H32N2O6S/c1-14(2)19(32-15(3)26)20(28)25-23(11-5-6-12-23)22(30)24-18(21(29)31-4)13-16-7-9-17(27)10-8-16/h7-10,14,18-19,27H,5-6,11-13H2,1-4H3,(H,24,30)(H,25,28)/t18-,19?/m0/s1. The van der Waals surface area contributed by atoms with Gasteiger partial charge in [0, 0.05) is 13.3 Å². The number of thioether (sulfide) groups is 1. The fourth-order valence-corrected chi connectivity index (χ4v) is 4.66. The smallest absolute Gasteiger partial charge is 0.328 e. The highest BCUT2D eigenvalue weighted by Gasteiger charge is 2.45. The van der Waals surface area contributed by atoms with Crippen LogP contribution in [0.15, 0.2) is 24.3 Å². The Morgan fingerprint density at radius 3 is 2.22 bits per heavy atom. The quantitative estimate of drug-likeness (QED) is 0.480. The second kappa shape index (κ2) is 11.4. The van der Waals surface area contributed by atoms with Crippen LogP contribution < -0.4 is 10.6 Å². The highest BCUT2D eigenvalue weighted by atomic mass is 32.2. The van der Waals surface area contributed by atoms with E-state index in [1.54, 1.807) is 12.1 Å². The summed E-state index contributed by atoms with van der Waals surface area (Å²) in [5, 5.41) is 14.4. The first-order valence-corrected chi connectivity index (χ1v) is 11.6. The third kappa shape index (κ3) is 6.72. The van der Waals surface area contributed by atoms with Gasteiger partial charge in [-0.15, -0.1) is 0 Å². The number of phenolic OH excluding ortho intramolecular Hbond substituents is 1. The monoisotopic (exact) mass is 464 g/mol. The Morgan fingerprint density at radius 2 is 1.72 bits per heavy atom. The molecule has 0 heterocycles. The summed E-state index contributed by atoms with van der Waals surface area (Å²) in [6, 6.07) is 5.39. The van der Waals surface area contributed by atoms with E-state index in [1.807, 2.05) is 13.8 Å².